The van der Waals surface area contributed by atoms with Crippen LogP contribution in [0.5, 0.6) is 5.75 Å². The van der Waals surface area contributed by atoms with Gasteiger partial charge in [0.05, 0.1) is 13.2 Å². The minimum Gasteiger partial charge on any atom is -0.496 e. The van der Waals surface area contributed by atoms with Gasteiger partial charge in [0.2, 0.25) is 0 Å². The zero-order valence-electron chi connectivity index (χ0n) is 13.5. The van der Waals surface area contributed by atoms with Crippen molar-refractivity contribution in [1.82, 2.24) is 10.2 Å². The number of nitrogens with one attached hydrogen (secondary N) is 1. The summed E-state index contributed by atoms with van der Waals surface area (Å²) in [6.07, 6.45) is -0.578. The Morgan fingerprint density at radius 1 is 1.30 bits per heavy atom. The third-order valence-electron chi connectivity index (χ3n) is 3.47. The van der Waals surface area contributed by atoms with Gasteiger partial charge in [-0.1, -0.05) is 11.6 Å². The van der Waals surface area contributed by atoms with Crippen molar-refractivity contribution in [1.29, 1.82) is 0 Å². The molecule has 0 amide bonds. The van der Waals surface area contributed by atoms with E-state index in [1.54, 1.807) is 7.11 Å². The van der Waals surface area contributed by atoms with Crippen molar-refractivity contribution < 1.29 is 9.84 Å². The van der Waals surface area contributed by atoms with Crippen LogP contribution < -0.4 is 10.1 Å². The minimum atomic E-state index is -0.578. The summed E-state index contributed by atoms with van der Waals surface area (Å²) in [5.74, 6) is 0.782. The van der Waals surface area contributed by atoms with Crippen LogP contribution in [0.2, 0.25) is 0 Å². The molecule has 0 radical (unpaired) electrons. The summed E-state index contributed by atoms with van der Waals surface area (Å²) in [5.41, 5.74) is 3.05. The van der Waals surface area contributed by atoms with E-state index in [0.29, 0.717) is 0 Å². The van der Waals surface area contributed by atoms with Crippen molar-refractivity contribution in [3.63, 3.8) is 0 Å². The molecule has 1 aromatic carbocycles. The highest BCUT2D eigenvalue weighted by molar-refractivity contribution is 5.45. The second-order valence-corrected chi connectivity index (χ2v) is 5.70. The van der Waals surface area contributed by atoms with Gasteiger partial charge in [0, 0.05) is 24.7 Å². The molecule has 114 valence electrons. The lowest BCUT2D eigenvalue weighted by Gasteiger charge is -2.24. The number of hydrogen-bond acceptors (Lipinski definition) is 4. The number of benzene rings is 1. The van der Waals surface area contributed by atoms with Gasteiger partial charge < -0.3 is 20.1 Å². The molecule has 2 N–H and O–H groups in total. The minimum absolute atomic E-state index is 0.0231. The Hall–Kier alpha value is -1.10. The Kier molecular flexibility index (Phi) is 6.46. The topological polar surface area (TPSA) is 44.7 Å². The number of aliphatic hydroxyl groups is 1. The standard InChI is InChI=1S/C16H28N2O2/c1-11-9-12(2)16(20-6)14(10-11)15(19)13(3)17-7-8-18(4)5/h9-10,13,15,17,19H,7-8H2,1-6H3. The molecule has 0 aliphatic heterocycles. The number of aryl methyl sites for hydroxylation is 2. The summed E-state index contributed by atoms with van der Waals surface area (Å²) in [4.78, 5) is 2.11. The molecule has 0 aromatic heterocycles. The number of rotatable bonds is 7. The molecule has 2 unspecified atom stereocenters. The highest BCUT2D eigenvalue weighted by Crippen LogP contribution is 2.31. The number of hydrogen-bond donors (Lipinski definition) is 2. The predicted octanol–water partition coefficient (Wildman–Crippen LogP) is 1.89. The molecule has 0 saturated heterocycles. The lowest BCUT2D eigenvalue weighted by molar-refractivity contribution is 0.131. The van der Waals surface area contributed by atoms with Gasteiger partial charge in [-0.2, -0.15) is 0 Å². The summed E-state index contributed by atoms with van der Waals surface area (Å²) in [6.45, 7) is 7.83. The average Bonchev–Trinajstić information content (AvgIpc) is 2.36. The molecule has 1 rings (SSSR count). The Bertz CT molecular complexity index is 433. The molecule has 0 saturated carbocycles. The van der Waals surface area contributed by atoms with E-state index in [0.717, 1.165) is 35.5 Å². The summed E-state index contributed by atoms with van der Waals surface area (Å²) in [6, 6.07) is 4.05. The van der Waals surface area contributed by atoms with E-state index in [9.17, 15) is 5.11 Å². The second-order valence-electron chi connectivity index (χ2n) is 5.70. The molecule has 2 atom stereocenters. The van der Waals surface area contributed by atoms with Crippen LogP contribution in [0.1, 0.15) is 29.7 Å². The molecule has 0 bridgehead atoms. The van der Waals surface area contributed by atoms with Crippen LogP contribution in [0.4, 0.5) is 0 Å². The maximum Gasteiger partial charge on any atom is 0.127 e. The number of likely N-dealkylation sites (N-methyl/N-ethyl adjacent to an activating group) is 1. The smallest absolute Gasteiger partial charge is 0.127 e. The van der Waals surface area contributed by atoms with Gasteiger partial charge in [0.25, 0.3) is 0 Å². The Balaban J connectivity index is 2.82. The van der Waals surface area contributed by atoms with Crippen molar-refractivity contribution in [3.05, 3.63) is 28.8 Å². The van der Waals surface area contributed by atoms with Gasteiger partial charge in [-0.3, -0.25) is 0 Å². The van der Waals surface area contributed by atoms with E-state index < -0.39 is 6.10 Å². The predicted molar refractivity (Wildman–Crippen MR) is 83.4 cm³/mol. The first-order valence-corrected chi connectivity index (χ1v) is 7.08. The zero-order chi connectivity index (χ0) is 15.3. The Morgan fingerprint density at radius 3 is 2.50 bits per heavy atom. The normalized spacial score (nSPS) is 14.4. The monoisotopic (exact) mass is 280 g/mol. The van der Waals surface area contributed by atoms with Gasteiger partial charge >= 0.3 is 0 Å². The van der Waals surface area contributed by atoms with Crippen molar-refractivity contribution in [3.8, 4) is 5.75 Å². The summed E-state index contributed by atoms with van der Waals surface area (Å²) < 4.78 is 5.45. The first kappa shape index (κ1) is 17.0. The van der Waals surface area contributed by atoms with Crippen LogP contribution in [-0.4, -0.2) is 50.3 Å². The van der Waals surface area contributed by atoms with Crippen molar-refractivity contribution in [2.24, 2.45) is 0 Å². The molecule has 20 heavy (non-hydrogen) atoms. The number of aliphatic hydroxyl groups excluding tert-OH is 1. The largest absolute Gasteiger partial charge is 0.496 e. The Labute approximate surface area is 122 Å². The van der Waals surface area contributed by atoms with Gasteiger partial charge in [0.1, 0.15) is 5.75 Å². The van der Waals surface area contributed by atoms with E-state index in [-0.39, 0.29) is 6.04 Å². The van der Waals surface area contributed by atoms with E-state index in [1.165, 1.54) is 0 Å². The molecule has 4 nitrogen and oxygen atoms in total. The van der Waals surface area contributed by atoms with E-state index in [4.69, 9.17) is 4.74 Å². The van der Waals surface area contributed by atoms with E-state index >= 15 is 0 Å². The second kappa shape index (κ2) is 7.62. The van der Waals surface area contributed by atoms with E-state index in [2.05, 4.69) is 16.3 Å². The van der Waals surface area contributed by atoms with Gasteiger partial charge in [0.15, 0.2) is 0 Å². The molecule has 1 aromatic rings. The van der Waals surface area contributed by atoms with Crippen LogP contribution >= 0.6 is 0 Å². The molecule has 0 fully saturated rings. The molecule has 0 spiro atoms. The highest BCUT2D eigenvalue weighted by atomic mass is 16.5. The summed E-state index contributed by atoms with van der Waals surface area (Å²) in [7, 11) is 5.73. The lowest BCUT2D eigenvalue weighted by atomic mass is 9.97. The van der Waals surface area contributed by atoms with Gasteiger partial charge in [-0.15, -0.1) is 0 Å². The lowest BCUT2D eigenvalue weighted by Crippen LogP contribution is -2.37. The first-order chi connectivity index (χ1) is 9.36. The maximum absolute atomic E-state index is 10.6. The zero-order valence-corrected chi connectivity index (χ0v) is 13.5. The van der Waals surface area contributed by atoms with Crippen molar-refractivity contribution >= 4 is 0 Å². The molecule has 0 aliphatic carbocycles. The summed E-state index contributed by atoms with van der Waals surface area (Å²) in [5, 5.41) is 13.9. The third kappa shape index (κ3) is 4.47. The maximum atomic E-state index is 10.6. The SMILES string of the molecule is COc1c(C)cc(C)cc1C(O)C(C)NCCN(C)C. The van der Waals surface area contributed by atoms with Crippen molar-refractivity contribution in [2.75, 3.05) is 34.3 Å². The fraction of sp³-hybridized carbons (Fsp3) is 0.625. The fourth-order valence-corrected chi connectivity index (χ4v) is 2.38. The first-order valence-electron chi connectivity index (χ1n) is 7.08. The number of methoxy groups -OCH3 is 1. The van der Waals surface area contributed by atoms with Crippen LogP contribution in [0.3, 0.4) is 0 Å². The highest BCUT2D eigenvalue weighted by Gasteiger charge is 2.21. The van der Waals surface area contributed by atoms with Crippen LogP contribution in [0.25, 0.3) is 0 Å². The van der Waals surface area contributed by atoms with Crippen LogP contribution in [0.15, 0.2) is 12.1 Å². The average molecular weight is 280 g/mol. The molecule has 4 heteroatoms. The third-order valence-corrected chi connectivity index (χ3v) is 3.47. The molecule has 0 heterocycles. The molecular formula is C16H28N2O2. The molecule has 0 aliphatic rings. The van der Waals surface area contributed by atoms with Crippen LogP contribution in [-0.2, 0) is 0 Å². The van der Waals surface area contributed by atoms with Gasteiger partial charge in [-0.05, 0) is 46.5 Å². The molecular weight excluding hydrogens is 252 g/mol. The van der Waals surface area contributed by atoms with Gasteiger partial charge in [-0.25, -0.2) is 0 Å². The Morgan fingerprint density at radius 2 is 1.95 bits per heavy atom. The quantitative estimate of drug-likeness (QED) is 0.800. The number of nitrogens with zero attached hydrogens (tertiary/aromatic N) is 1. The van der Waals surface area contributed by atoms with Crippen LogP contribution in [0, 0.1) is 13.8 Å². The fourth-order valence-electron chi connectivity index (χ4n) is 2.38. The van der Waals surface area contributed by atoms with E-state index in [1.807, 2.05) is 40.9 Å². The number of ether oxygens (including phenoxy) is 1. The summed E-state index contributed by atoms with van der Waals surface area (Å²) >= 11 is 0. The van der Waals surface area contributed by atoms with Crippen molar-refractivity contribution in [2.45, 2.75) is 32.9 Å².